The van der Waals surface area contributed by atoms with Crippen LogP contribution < -0.4 is 10.2 Å². The largest absolute Gasteiger partial charge is 0.339 e. The van der Waals surface area contributed by atoms with Gasteiger partial charge in [0.05, 0.1) is 6.20 Å². The molecule has 0 saturated carbocycles. The molecule has 1 aromatic heterocycles. The minimum Gasteiger partial charge on any atom is -0.339 e. The smallest absolute Gasteiger partial charge is 0.247 e. The van der Waals surface area contributed by atoms with E-state index >= 15 is 0 Å². The fourth-order valence-electron chi connectivity index (χ4n) is 2.53. The van der Waals surface area contributed by atoms with Crippen LogP contribution in [-0.4, -0.2) is 52.8 Å². The molecule has 3 rings (SSSR count). The summed E-state index contributed by atoms with van der Waals surface area (Å²) in [6.07, 6.45) is 1.58. The Morgan fingerprint density at radius 2 is 1.78 bits per heavy atom. The first kappa shape index (κ1) is 16.2. The lowest BCUT2D eigenvalue weighted by molar-refractivity contribution is 0.269. The fraction of sp³-hybridized carbons (Fsp3) is 0.400. The van der Waals surface area contributed by atoms with Gasteiger partial charge in [0.25, 0.3) is 0 Å². The van der Waals surface area contributed by atoms with Gasteiger partial charge in [-0.05, 0) is 24.7 Å². The molecule has 0 bridgehead atoms. The number of nitrogens with zero attached hydrogens (tertiary/aromatic N) is 5. The molecule has 8 heteroatoms. The Bertz CT molecular complexity index is 653. The maximum Gasteiger partial charge on any atom is 0.247 e. The molecule has 1 aliphatic heterocycles. The second kappa shape index (κ2) is 7.29. The number of anilines is 3. The highest BCUT2D eigenvalue weighted by Gasteiger charge is 2.18. The monoisotopic (exact) mass is 352 g/mol. The Labute approximate surface area is 145 Å². The second-order valence-electron chi connectivity index (χ2n) is 5.35. The Kier molecular flexibility index (Phi) is 5.15. The van der Waals surface area contributed by atoms with Crippen molar-refractivity contribution >= 4 is 40.7 Å². The van der Waals surface area contributed by atoms with Gasteiger partial charge in [-0.2, -0.15) is 10.1 Å². The predicted octanol–water partition coefficient (Wildman–Crippen LogP) is 3.06. The second-order valence-corrected chi connectivity index (χ2v) is 6.22. The molecule has 1 N–H and O–H groups in total. The van der Waals surface area contributed by atoms with Gasteiger partial charge in [0.2, 0.25) is 5.95 Å². The van der Waals surface area contributed by atoms with Crippen molar-refractivity contribution in [2.24, 2.45) is 0 Å². The summed E-state index contributed by atoms with van der Waals surface area (Å²) in [6.45, 7) is 7.09. The third kappa shape index (κ3) is 4.22. The number of rotatable bonds is 4. The summed E-state index contributed by atoms with van der Waals surface area (Å²) in [6, 6.07) is 5.26. The number of piperazine rings is 1. The zero-order chi connectivity index (χ0) is 16.2. The minimum absolute atomic E-state index is 0.568. The summed E-state index contributed by atoms with van der Waals surface area (Å²) in [7, 11) is 0. The van der Waals surface area contributed by atoms with Crippen LogP contribution in [0, 0.1) is 0 Å². The summed E-state index contributed by atoms with van der Waals surface area (Å²) in [4.78, 5) is 9.09. The van der Waals surface area contributed by atoms with Crippen LogP contribution in [-0.2, 0) is 0 Å². The Morgan fingerprint density at radius 1 is 1.09 bits per heavy atom. The van der Waals surface area contributed by atoms with Gasteiger partial charge in [0.1, 0.15) is 0 Å². The molecule has 1 saturated heterocycles. The molecule has 0 spiro atoms. The van der Waals surface area contributed by atoms with Gasteiger partial charge in [-0.15, -0.1) is 5.10 Å². The number of halogens is 2. The van der Waals surface area contributed by atoms with Crippen LogP contribution in [0.15, 0.2) is 24.4 Å². The molecular formula is C15H18Cl2N6. The lowest BCUT2D eigenvalue weighted by Gasteiger charge is -2.33. The lowest BCUT2D eigenvalue weighted by atomic mass is 10.3. The van der Waals surface area contributed by atoms with Crippen molar-refractivity contribution in [3.8, 4) is 0 Å². The summed E-state index contributed by atoms with van der Waals surface area (Å²) in [5.41, 5.74) is 0.768. The van der Waals surface area contributed by atoms with Crippen LogP contribution >= 0.6 is 23.2 Å². The maximum atomic E-state index is 6.01. The molecule has 2 aromatic rings. The Hall–Kier alpha value is -1.63. The van der Waals surface area contributed by atoms with E-state index in [0.29, 0.717) is 21.8 Å². The van der Waals surface area contributed by atoms with Crippen molar-refractivity contribution in [3.05, 3.63) is 34.4 Å². The number of hydrogen-bond acceptors (Lipinski definition) is 6. The molecule has 0 amide bonds. The Balaban J connectivity index is 1.72. The Morgan fingerprint density at radius 3 is 2.43 bits per heavy atom. The summed E-state index contributed by atoms with van der Waals surface area (Å²) in [5.74, 6) is 1.25. The average molecular weight is 353 g/mol. The first-order chi connectivity index (χ1) is 11.1. The van der Waals surface area contributed by atoms with E-state index in [9.17, 15) is 0 Å². The van der Waals surface area contributed by atoms with E-state index < -0.39 is 0 Å². The van der Waals surface area contributed by atoms with E-state index in [1.165, 1.54) is 0 Å². The van der Waals surface area contributed by atoms with Gasteiger partial charge in [0.15, 0.2) is 5.82 Å². The molecule has 6 nitrogen and oxygen atoms in total. The van der Waals surface area contributed by atoms with E-state index in [0.717, 1.165) is 38.4 Å². The highest BCUT2D eigenvalue weighted by atomic mass is 35.5. The van der Waals surface area contributed by atoms with Gasteiger partial charge >= 0.3 is 0 Å². The van der Waals surface area contributed by atoms with E-state index in [-0.39, 0.29) is 0 Å². The van der Waals surface area contributed by atoms with Crippen molar-refractivity contribution in [2.45, 2.75) is 6.92 Å². The van der Waals surface area contributed by atoms with E-state index in [1.807, 2.05) is 0 Å². The van der Waals surface area contributed by atoms with Crippen LogP contribution in [0.3, 0.4) is 0 Å². The van der Waals surface area contributed by atoms with E-state index in [2.05, 4.69) is 37.2 Å². The van der Waals surface area contributed by atoms with Gasteiger partial charge < -0.3 is 15.1 Å². The van der Waals surface area contributed by atoms with Crippen LogP contribution in [0.25, 0.3) is 0 Å². The summed E-state index contributed by atoms with van der Waals surface area (Å²) >= 11 is 12.0. The number of likely N-dealkylation sites (N-methyl/N-ethyl adjacent to an activating group) is 1. The average Bonchev–Trinajstić information content (AvgIpc) is 2.54. The highest BCUT2D eigenvalue weighted by molar-refractivity contribution is 6.35. The molecule has 1 aliphatic rings. The summed E-state index contributed by atoms with van der Waals surface area (Å²) < 4.78 is 0. The van der Waals surface area contributed by atoms with Gasteiger partial charge in [-0.1, -0.05) is 30.1 Å². The zero-order valence-corrected chi connectivity index (χ0v) is 14.3. The molecule has 23 heavy (non-hydrogen) atoms. The van der Waals surface area contributed by atoms with Crippen LogP contribution in [0.5, 0.6) is 0 Å². The van der Waals surface area contributed by atoms with Crippen molar-refractivity contribution < 1.29 is 0 Å². The molecule has 0 atom stereocenters. The van der Waals surface area contributed by atoms with Crippen LogP contribution in [0.4, 0.5) is 17.5 Å². The lowest BCUT2D eigenvalue weighted by Crippen LogP contribution is -2.46. The fourth-order valence-corrected chi connectivity index (χ4v) is 3.05. The normalized spacial score (nSPS) is 15.7. The minimum atomic E-state index is 0.568. The predicted molar refractivity (Wildman–Crippen MR) is 93.9 cm³/mol. The molecule has 0 aliphatic carbocycles. The van der Waals surface area contributed by atoms with Gasteiger partial charge in [0, 0.05) is 41.9 Å². The molecular weight excluding hydrogens is 335 g/mol. The third-order valence-electron chi connectivity index (χ3n) is 3.78. The van der Waals surface area contributed by atoms with E-state index in [4.69, 9.17) is 23.2 Å². The molecule has 0 unspecified atom stereocenters. The quantitative estimate of drug-likeness (QED) is 0.912. The molecule has 2 heterocycles. The molecule has 1 fully saturated rings. The number of aromatic nitrogens is 3. The molecule has 1 aromatic carbocycles. The van der Waals surface area contributed by atoms with Gasteiger partial charge in [-0.3, -0.25) is 0 Å². The van der Waals surface area contributed by atoms with Crippen molar-refractivity contribution in [3.63, 3.8) is 0 Å². The van der Waals surface area contributed by atoms with E-state index in [1.54, 1.807) is 24.4 Å². The van der Waals surface area contributed by atoms with Crippen LogP contribution in [0.1, 0.15) is 6.92 Å². The SMILES string of the molecule is CCN1CCN(c2nncc(Nc3cc(Cl)cc(Cl)c3)n2)CC1. The standard InChI is InChI=1S/C15H18Cl2N6/c1-2-22-3-5-23(6-4-22)15-20-14(10-18-21-15)19-13-8-11(16)7-12(17)9-13/h7-10H,2-6H2,1H3,(H,19,20,21). The van der Waals surface area contributed by atoms with Crippen molar-refractivity contribution in [1.82, 2.24) is 20.1 Å². The highest BCUT2D eigenvalue weighted by Crippen LogP contribution is 2.24. The number of hydrogen-bond donors (Lipinski definition) is 1. The van der Waals surface area contributed by atoms with Gasteiger partial charge in [-0.25, -0.2) is 0 Å². The molecule has 0 radical (unpaired) electrons. The topological polar surface area (TPSA) is 57.2 Å². The van der Waals surface area contributed by atoms with Crippen molar-refractivity contribution in [2.75, 3.05) is 42.9 Å². The first-order valence-electron chi connectivity index (χ1n) is 7.54. The zero-order valence-electron chi connectivity index (χ0n) is 12.8. The van der Waals surface area contributed by atoms with Crippen LogP contribution in [0.2, 0.25) is 10.0 Å². The number of benzene rings is 1. The van der Waals surface area contributed by atoms with Crippen molar-refractivity contribution in [1.29, 1.82) is 0 Å². The number of nitrogens with one attached hydrogen (secondary N) is 1. The first-order valence-corrected chi connectivity index (χ1v) is 8.30. The summed E-state index contributed by atoms with van der Waals surface area (Å²) in [5, 5.41) is 12.5. The molecule has 122 valence electrons. The third-order valence-corrected chi connectivity index (χ3v) is 4.22. The maximum absolute atomic E-state index is 6.01.